The molecular weight excluding hydrogens is 373 g/mol. The SMILES string of the molecule is Cc1ccc(Cc2cnc(NC(=O)CCn3c(C)csc3=O)s2)cc1F. The van der Waals surface area contributed by atoms with Crippen molar-refractivity contribution >= 4 is 33.7 Å². The second-order valence-corrected chi connectivity index (χ2v) is 7.92. The van der Waals surface area contributed by atoms with Crippen LogP contribution < -0.4 is 10.2 Å². The summed E-state index contributed by atoms with van der Waals surface area (Å²) in [7, 11) is 0. The smallest absolute Gasteiger partial charge is 0.303 e. The fourth-order valence-corrected chi connectivity index (χ4v) is 4.09. The van der Waals surface area contributed by atoms with Crippen LogP contribution in [-0.4, -0.2) is 15.5 Å². The molecule has 1 aromatic carbocycles. The second kappa shape index (κ2) is 7.92. The van der Waals surface area contributed by atoms with Gasteiger partial charge in [-0.25, -0.2) is 9.37 Å². The van der Waals surface area contributed by atoms with Gasteiger partial charge in [0.1, 0.15) is 5.82 Å². The summed E-state index contributed by atoms with van der Waals surface area (Å²) in [4.78, 5) is 28.8. The lowest BCUT2D eigenvalue weighted by Gasteiger charge is -2.04. The third kappa shape index (κ3) is 4.44. The molecule has 26 heavy (non-hydrogen) atoms. The van der Waals surface area contributed by atoms with E-state index in [-0.39, 0.29) is 23.0 Å². The Hall–Kier alpha value is -2.32. The average Bonchev–Trinajstić information content (AvgIpc) is 3.16. The molecule has 0 spiro atoms. The van der Waals surface area contributed by atoms with Gasteiger partial charge in [0, 0.05) is 41.5 Å². The molecule has 3 aromatic rings. The first kappa shape index (κ1) is 18.5. The molecule has 2 heterocycles. The molecule has 0 atom stereocenters. The summed E-state index contributed by atoms with van der Waals surface area (Å²) in [6.07, 6.45) is 2.45. The van der Waals surface area contributed by atoms with Gasteiger partial charge in [0.05, 0.1) is 0 Å². The van der Waals surface area contributed by atoms with Crippen molar-refractivity contribution in [2.24, 2.45) is 0 Å². The Morgan fingerprint density at radius 1 is 1.35 bits per heavy atom. The average molecular weight is 391 g/mol. The number of carbonyl (C=O) groups is 1. The molecule has 1 amide bonds. The van der Waals surface area contributed by atoms with Gasteiger partial charge < -0.3 is 9.88 Å². The first-order valence-corrected chi connectivity index (χ1v) is 9.76. The number of hydrogen-bond donors (Lipinski definition) is 1. The predicted octanol–water partition coefficient (Wildman–Crippen LogP) is 3.74. The normalized spacial score (nSPS) is 10.9. The lowest BCUT2D eigenvalue weighted by molar-refractivity contribution is -0.116. The predicted molar refractivity (Wildman–Crippen MR) is 103 cm³/mol. The molecule has 0 saturated heterocycles. The fourth-order valence-electron chi connectivity index (χ4n) is 2.46. The number of carbonyl (C=O) groups excluding carboxylic acids is 1. The van der Waals surface area contributed by atoms with Crippen LogP contribution in [0, 0.1) is 19.7 Å². The van der Waals surface area contributed by atoms with E-state index in [0.717, 1.165) is 27.5 Å². The lowest BCUT2D eigenvalue weighted by atomic mass is 10.1. The van der Waals surface area contributed by atoms with Crippen LogP contribution in [0.25, 0.3) is 0 Å². The summed E-state index contributed by atoms with van der Waals surface area (Å²) in [6.45, 7) is 3.92. The third-order valence-corrected chi connectivity index (χ3v) is 5.75. The first-order chi connectivity index (χ1) is 12.4. The Balaban J connectivity index is 1.56. The zero-order valence-electron chi connectivity index (χ0n) is 14.4. The van der Waals surface area contributed by atoms with Crippen molar-refractivity contribution in [2.45, 2.75) is 33.2 Å². The van der Waals surface area contributed by atoms with Gasteiger partial charge in [0.15, 0.2) is 5.13 Å². The molecule has 5 nitrogen and oxygen atoms in total. The van der Waals surface area contributed by atoms with Crippen molar-refractivity contribution in [1.82, 2.24) is 9.55 Å². The molecule has 3 rings (SSSR count). The van der Waals surface area contributed by atoms with Crippen LogP contribution in [-0.2, 0) is 17.8 Å². The highest BCUT2D eigenvalue weighted by Gasteiger charge is 2.10. The van der Waals surface area contributed by atoms with Crippen molar-refractivity contribution in [1.29, 1.82) is 0 Å². The van der Waals surface area contributed by atoms with Crippen LogP contribution in [0.2, 0.25) is 0 Å². The molecule has 0 aliphatic heterocycles. The molecule has 0 saturated carbocycles. The molecule has 0 radical (unpaired) electrons. The summed E-state index contributed by atoms with van der Waals surface area (Å²) in [5.41, 5.74) is 2.34. The van der Waals surface area contributed by atoms with E-state index in [0.29, 0.717) is 23.7 Å². The summed E-state index contributed by atoms with van der Waals surface area (Å²) < 4.78 is 15.2. The molecule has 2 aromatic heterocycles. The van der Waals surface area contributed by atoms with Crippen molar-refractivity contribution in [3.05, 3.63) is 67.0 Å². The molecule has 1 N–H and O–H groups in total. The van der Waals surface area contributed by atoms with Crippen LogP contribution in [0.5, 0.6) is 0 Å². The van der Waals surface area contributed by atoms with Gasteiger partial charge in [-0.2, -0.15) is 0 Å². The minimum atomic E-state index is -0.223. The second-order valence-electron chi connectivity index (χ2n) is 5.98. The maximum Gasteiger partial charge on any atom is 0.307 e. The van der Waals surface area contributed by atoms with E-state index in [9.17, 15) is 14.0 Å². The molecule has 0 aliphatic carbocycles. The van der Waals surface area contributed by atoms with E-state index in [2.05, 4.69) is 10.3 Å². The van der Waals surface area contributed by atoms with Crippen molar-refractivity contribution in [2.75, 3.05) is 5.32 Å². The maximum absolute atomic E-state index is 13.6. The Bertz CT molecular complexity index is 990. The van der Waals surface area contributed by atoms with Gasteiger partial charge in [-0.1, -0.05) is 23.5 Å². The van der Waals surface area contributed by atoms with Gasteiger partial charge in [-0.3, -0.25) is 9.59 Å². The number of benzene rings is 1. The Labute approximate surface area is 158 Å². The van der Waals surface area contributed by atoms with E-state index in [1.54, 1.807) is 29.1 Å². The molecule has 136 valence electrons. The molecule has 0 fully saturated rings. The minimum absolute atomic E-state index is 0.0582. The number of aromatic nitrogens is 2. The van der Waals surface area contributed by atoms with Crippen LogP contribution in [0.15, 0.2) is 34.6 Å². The number of nitrogens with one attached hydrogen (secondary N) is 1. The highest BCUT2D eigenvalue weighted by atomic mass is 32.1. The van der Waals surface area contributed by atoms with E-state index in [1.807, 2.05) is 13.0 Å². The summed E-state index contributed by atoms with van der Waals surface area (Å²) in [5, 5.41) is 5.04. The molecular formula is C18H18FN3O2S2. The van der Waals surface area contributed by atoms with E-state index >= 15 is 0 Å². The largest absolute Gasteiger partial charge is 0.307 e. The first-order valence-electron chi connectivity index (χ1n) is 8.07. The van der Waals surface area contributed by atoms with Gasteiger partial charge in [0.2, 0.25) is 5.91 Å². The van der Waals surface area contributed by atoms with E-state index < -0.39 is 0 Å². The minimum Gasteiger partial charge on any atom is -0.303 e. The fraction of sp³-hybridized carbons (Fsp3) is 0.278. The third-order valence-electron chi connectivity index (χ3n) is 3.95. The Morgan fingerprint density at radius 3 is 2.85 bits per heavy atom. The maximum atomic E-state index is 13.6. The number of anilines is 1. The quantitative estimate of drug-likeness (QED) is 0.696. The number of hydrogen-bond acceptors (Lipinski definition) is 5. The van der Waals surface area contributed by atoms with Gasteiger partial charge >= 0.3 is 4.87 Å². The van der Waals surface area contributed by atoms with Gasteiger partial charge in [-0.15, -0.1) is 11.3 Å². The van der Waals surface area contributed by atoms with Crippen LogP contribution in [0.3, 0.4) is 0 Å². The van der Waals surface area contributed by atoms with Crippen molar-refractivity contribution < 1.29 is 9.18 Å². The molecule has 8 heteroatoms. The standard InChI is InChI=1S/C18H18FN3O2S2/c1-11-3-4-13(8-15(11)19)7-14-9-20-17(26-14)21-16(23)5-6-22-12(2)10-25-18(22)24/h3-4,8-10H,5-7H2,1-2H3,(H,20,21,23). The molecule has 0 unspecified atom stereocenters. The summed E-state index contributed by atoms with van der Waals surface area (Å²) >= 11 is 2.50. The van der Waals surface area contributed by atoms with Crippen LogP contribution in [0.1, 0.15) is 28.1 Å². The van der Waals surface area contributed by atoms with E-state index in [4.69, 9.17) is 0 Å². The van der Waals surface area contributed by atoms with Crippen molar-refractivity contribution in [3.63, 3.8) is 0 Å². The van der Waals surface area contributed by atoms with Crippen LogP contribution >= 0.6 is 22.7 Å². The highest BCUT2D eigenvalue weighted by molar-refractivity contribution is 7.15. The number of thiazole rings is 2. The Morgan fingerprint density at radius 2 is 2.15 bits per heavy atom. The summed E-state index contributed by atoms with van der Waals surface area (Å²) in [5.74, 6) is -0.413. The Kier molecular flexibility index (Phi) is 5.63. The van der Waals surface area contributed by atoms with Crippen molar-refractivity contribution in [3.8, 4) is 0 Å². The monoisotopic (exact) mass is 391 g/mol. The van der Waals surface area contributed by atoms with Gasteiger partial charge in [0.25, 0.3) is 0 Å². The zero-order valence-corrected chi connectivity index (χ0v) is 16.0. The highest BCUT2D eigenvalue weighted by Crippen LogP contribution is 2.22. The zero-order chi connectivity index (χ0) is 18.7. The number of nitrogens with zero attached hydrogens (tertiary/aromatic N) is 2. The topological polar surface area (TPSA) is 64.0 Å². The number of aryl methyl sites for hydroxylation is 2. The summed E-state index contributed by atoms with van der Waals surface area (Å²) in [6, 6.07) is 5.16. The molecule has 0 aliphatic rings. The lowest BCUT2D eigenvalue weighted by Crippen LogP contribution is -2.20. The molecule has 0 bridgehead atoms. The number of amides is 1. The van der Waals surface area contributed by atoms with E-state index in [1.165, 1.54) is 17.4 Å². The number of halogens is 1. The van der Waals surface area contributed by atoms with Gasteiger partial charge in [-0.05, 0) is 31.0 Å². The van der Waals surface area contributed by atoms with Crippen LogP contribution in [0.4, 0.5) is 9.52 Å². The number of rotatable bonds is 6.